The smallest absolute Gasteiger partial charge is 0.256 e. The SMILES string of the molecule is CCn1ccc2c1C=CCN(CCCN1CCN(c3ccc(F)cc3)CC1)C2=O. The molecular formula is C23H29FN4O. The predicted molar refractivity (Wildman–Crippen MR) is 115 cm³/mol. The number of hydrogen-bond acceptors (Lipinski definition) is 3. The first-order valence-electron chi connectivity index (χ1n) is 10.5. The van der Waals surface area contributed by atoms with Crippen molar-refractivity contribution in [3.63, 3.8) is 0 Å². The highest BCUT2D eigenvalue weighted by Crippen LogP contribution is 2.20. The Kier molecular flexibility index (Phi) is 6.00. The molecule has 1 saturated heterocycles. The van der Waals surface area contributed by atoms with Gasteiger partial charge in [0, 0.05) is 57.7 Å². The third-order valence-electron chi connectivity index (χ3n) is 5.93. The first-order chi connectivity index (χ1) is 14.2. The van der Waals surface area contributed by atoms with Gasteiger partial charge < -0.3 is 14.4 Å². The predicted octanol–water partition coefficient (Wildman–Crippen LogP) is 3.33. The van der Waals surface area contributed by atoms with Crippen molar-refractivity contribution in [1.29, 1.82) is 0 Å². The number of fused-ring (bicyclic) bond motifs is 1. The van der Waals surface area contributed by atoms with Crippen molar-refractivity contribution in [2.75, 3.05) is 50.7 Å². The summed E-state index contributed by atoms with van der Waals surface area (Å²) in [5.74, 6) is -0.0537. The molecule has 0 bridgehead atoms. The average molecular weight is 397 g/mol. The summed E-state index contributed by atoms with van der Waals surface area (Å²) < 4.78 is 15.2. The number of aryl methyl sites for hydroxylation is 1. The molecule has 2 aliphatic heterocycles. The second kappa shape index (κ2) is 8.82. The topological polar surface area (TPSA) is 31.7 Å². The van der Waals surface area contributed by atoms with Crippen LogP contribution in [0.1, 0.15) is 29.4 Å². The Hall–Kier alpha value is -2.60. The van der Waals surface area contributed by atoms with Gasteiger partial charge in [-0.1, -0.05) is 6.08 Å². The number of aromatic nitrogens is 1. The number of benzene rings is 1. The van der Waals surface area contributed by atoms with Crippen LogP contribution in [-0.2, 0) is 6.54 Å². The minimum Gasteiger partial charge on any atom is -0.369 e. The lowest BCUT2D eigenvalue weighted by molar-refractivity contribution is 0.0768. The van der Waals surface area contributed by atoms with Crippen LogP contribution in [-0.4, -0.2) is 66.1 Å². The maximum Gasteiger partial charge on any atom is 0.256 e. The summed E-state index contributed by atoms with van der Waals surface area (Å²) in [6.07, 6.45) is 7.14. The van der Waals surface area contributed by atoms with Gasteiger partial charge in [0.15, 0.2) is 0 Å². The summed E-state index contributed by atoms with van der Waals surface area (Å²) in [6, 6.07) is 8.69. The molecule has 6 heteroatoms. The average Bonchev–Trinajstić information content (AvgIpc) is 3.09. The monoisotopic (exact) mass is 396 g/mol. The van der Waals surface area contributed by atoms with Crippen LogP contribution in [0.3, 0.4) is 0 Å². The number of rotatable bonds is 6. The van der Waals surface area contributed by atoms with Crippen LogP contribution in [0.2, 0.25) is 0 Å². The Labute approximate surface area is 172 Å². The molecule has 0 radical (unpaired) electrons. The third-order valence-corrected chi connectivity index (χ3v) is 5.93. The Morgan fingerprint density at radius 1 is 1.00 bits per heavy atom. The zero-order chi connectivity index (χ0) is 20.2. The molecule has 1 aromatic heterocycles. The van der Waals surface area contributed by atoms with E-state index in [0.717, 1.165) is 69.2 Å². The van der Waals surface area contributed by atoms with E-state index in [1.165, 1.54) is 12.1 Å². The van der Waals surface area contributed by atoms with Gasteiger partial charge in [0.25, 0.3) is 5.91 Å². The van der Waals surface area contributed by atoms with E-state index in [4.69, 9.17) is 0 Å². The maximum atomic E-state index is 13.1. The van der Waals surface area contributed by atoms with Crippen LogP contribution in [0.5, 0.6) is 0 Å². The number of hydrogen-bond donors (Lipinski definition) is 0. The van der Waals surface area contributed by atoms with Crippen molar-refractivity contribution in [3.8, 4) is 0 Å². The number of piperazine rings is 1. The van der Waals surface area contributed by atoms with E-state index in [1.54, 1.807) is 0 Å². The molecule has 0 N–H and O–H groups in total. The van der Waals surface area contributed by atoms with Gasteiger partial charge in [-0.15, -0.1) is 0 Å². The van der Waals surface area contributed by atoms with Crippen molar-refractivity contribution in [2.45, 2.75) is 19.9 Å². The second-order valence-corrected chi connectivity index (χ2v) is 7.71. The zero-order valence-corrected chi connectivity index (χ0v) is 17.1. The van der Waals surface area contributed by atoms with E-state index in [-0.39, 0.29) is 11.7 Å². The molecule has 1 amide bonds. The van der Waals surface area contributed by atoms with E-state index >= 15 is 0 Å². The molecule has 2 aromatic rings. The molecule has 0 unspecified atom stereocenters. The molecule has 4 rings (SSSR count). The molecule has 29 heavy (non-hydrogen) atoms. The molecule has 0 spiro atoms. The van der Waals surface area contributed by atoms with Crippen LogP contribution in [0.4, 0.5) is 10.1 Å². The summed E-state index contributed by atoms with van der Waals surface area (Å²) in [5, 5.41) is 0. The Bertz CT molecular complexity index is 866. The lowest BCUT2D eigenvalue weighted by Gasteiger charge is -2.36. The summed E-state index contributed by atoms with van der Waals surface area (Å²) >= 11 is 0. The number of anilines is 1. The van der Waals surface area contributed by atoms with Gasteiger partial charge in [0.2, 0.25) is 0 Å². The van der Waals surface area contributed by atoms with E-state index in [2.05, 4.69) is 33.4 Å². The van der Waals surface area contributed by atoms with Crippen molar-refractivity contribution < 1.29 is 9.18 Å². The maximum absolute atomic E-state index is 13.1. The van der Waals surface area contributed by atoms with Crippen LogP contribution in [0, 0.1) is 5.82 Å². The molecule has 2 aliphatic rings. The highest BCUT2D eigenvalue weighted by atomic mass is 19.1. The number of carbonyl (C=O) groups excluding carboxylic acids is 1. The van der Waals surface area contributed by atoms with Crippen molar-refractivity contribution in [3.05, 3.63) is 59.7 Å². The van der Waals surface area contributed by atoms with Crippen molar-refractivity contribution in [1.82, 2.24) is 14.4 Å². The summed E-state index contributed by atoms with van der Waals surface area (Å²) in [7, 11) is 0. The van der Waals surface area contributed by atoms with Crippen LogP contribution in [0.25, 0.3) is 6.08 Å². The minimum absolute atomic E-state index is 0.137. The Balaban J connectivity index is 1.25. The quantitative estimate of drug-likeness (QED) is 0.751. The van der Waals surface area contributed by atoms with E-state index < -0.39 is 0 Å². The summed E-state index contributed by atoms with van der Waals surface area (Å²) in [4.78, 5) is 19.6. The third kappa shape index (κ3) is 4.37. The van der Waals surface area contributed by atoms with E-state index in [0.29, 0.717) is 6.54 Å². The zero-order valence-electron chi connectivity index (χ0n) is 17.1. The first kappa shape index (κ1) is 19.7. The number of nitrogens with zero attached hydrogens (tertiary/aromatic N) is 4. The summed E-state index contributed by atoms with van der Waals surface area (Å²) in [6.45, 7) is 9.30. The van der Waals surface area contributed by atoms with Crippen molar-refractivity contribution in [2.24, 2.45) is 0 Å². The largest absolute Gasteiger partial charge is 0.369 e. The van der Waals surface area contributed by atoms with Gasteiger partial charge >= 0.3 is 0 Å². The molecule has 5 nitrogen and oxygen atoms in total. The Morgan fingerprint density at radius 2 is 1.76 bits per heavy atom. The standard InChI is InChI=1S/C23H29FN4O/c1-2-26-14-10-21-22(26)5-3-12-28(23(21)29)13-4-11-25-15-17-27(18-16-25)20-8-6-19(24)7-9-20/h3,5-10,14H,2,4,11-13,15-18H2,1H3. The van der Waals surface area contributed by atoms with E-state index in [9.17, 15) is 9.18 Å². The molecule has 3 heterocycles. The molecule has 1 fully saturated rings. The van der Waals surface area contributed by atoms with Gasteiger partial charge in [0.1, 0.15) is 5.82 Å². The Morgan fingerprint density at radius 3 is 2.48 bits per heavy atom. The van der Waals surface area contributed by atoms with E-state index in [1.807, 2.05) is 29.3 Å². The molecule has 0 saturated carbocycles. The lowest BCUT2D eigenvalue weighted by atomic mass is 10.2. The molecule has 0 aliphatic carbocycles. The fraction of sp³-hybridized carbons (Fsp3) is 0.435. The van der Waals surface area contributed by atoms with Crippen LogP contribution in [0.15, 0.2) is 42.6 Å². The van der Waals surface area contributed by atoms with Gasteiger partial charge in [-0.05, 0) is 56.3 Å². The fourth-order valence-corrected chi connectivity index (χ4v) is 4.23. The number of carbonyl (C=O) groups is 1. The number of amides is 1. The normalized spacial score (nSPS) is 17.5. The van der Waals surface area contributed by atoms with Gasteiger partial charge in [-0.25, -0.2) is 4.39 Å². The van der Waals surface area contributed by atoms with Gasteiger partial charge in [-0.3, -0.25) is 9.69 Å². The van der Waals surface area contributed by atoms with Crippen LogP contribution >= 0.6 is 0 Å². The molecular weight excluding hydrogens is 367 g/mol. The summed E-state index contributed by atoms with van der Waals surface area (Å²) in [5.41, 5.74) is 2.92. The molecule has 1 aromatic carbocycles. The van der Waals surface area contributed by atoms with Gasteiger partial charge in [-0.2, -0.15) is 0 Å². The molecule has 154 valence electrons. The first-order valence-corrected chi connectivity index (χ1v) is 10.5. The van der Waals surface area contributed by atoms with Gasteiger partial charge in [0.05, 0.1) is 11.3 Å². The highest BCUT2D eigenvalue weighted by molar-refractivity contribution is 5.98. The second-order valence-electron chi connectivity index (χ2n) is 7.71. The van der Waals surface area contributed by atoms with Crippen molar-refractivity contribution >= 4 is 17.7 Å². The number of halogens is 1. The lowest BCUT2D eigenvalue weighted by Crippen LogP contribution is -2.47. The molecule has 0 atom stereocenters. The van der Waals surface area contributed by atoms with Crippen LogP contribution < -0.4 is 4.90 Å². The fourth-order valence-electron chi connectivity index (χ4n) is 4.23. The minimum atomic E-state index is -0.191. The highest BCUT2D eigenvalue weighted by Gasteiger charge is 2.22.